The summed E-state index contributed by atoms with van der Waals surface area (Å²) in [5, 5.41) is 5.09. The van der Waals surface area contributed by atoms with Crippen LogP contribution >= 0.6 is 15.9 Å². The van der Waals surface area contributed by atoms with Crippen LogP contribution in [0.5, 0.6) is 0 Å². The number of amides is 1. The molecule has 2 rings (SSSR count). The highest BCUT2D eigenvalue weighted by Gasteiger charge is 2.30. The molecule has 1 aliphatic rings. The lowest BCUT2D eigenvalue weighted by molar-refractivity contribution is 0.0785. The van der Waals surface area contributed by atoms with Gasteiger partial charge in [0.1, 0.15) is 0 Å². The number of benzene rings is 1. The fourth-order valence-corrected chi connectivity index (χ4v) is 3.24. The minimum atomic E-state index is -3.84. The van der Waals surface area contributed by atoms with Crippen LogP contribution in [0.15, 0.2) is 27.6 Å². The first kappa shape index (κ1) is 13.5. The molecule has 7 heteroatoms. The van der Waals surface area contributed by atoms with Crippen LogP contribution in [-0.4, -0.2) is 32.3 Å². The molecule has 5 nitrogen and oxygen atoms in total. The first-order valence-corrected chi connectivity index (χ1v) is 7.74. The Morgan fingerprint density at radius 2 is 2.06 bits per heavy atom. The van der Waals surface area contributed by atoms with E-state index in [0.29, 0.717) is 10.0 Å². The molecule has 0 heterocycles. The number of rotatable bonds is 3. The zero-order valence-corrected chi connectivity index (χ0v) is 12.2. The molecule has 1 aromatic rings. The summed E-state index contributed by atoms with van der Waals surface area (Å²) in [4.78, 5) is 13.7. The van der Waals surface area contributed by atoms with Gasteiger partial charge < -0.3 is 4.90 Å². The van der Waals surface area contributed by atoms with E-state index in [2.05, 4.69) is 15.9 Å². The number of hydrogen-bond acceptors (Lipinski definition) is 3. The summed E-state index contributed by atoms with van der Waals surface area (Å²) >= 11 is 3.11. The van der Waals surface area contributed by atoms with Gasteiger partial charge in [-0.05, 0) is 47.0 Å². The first-order valence-electron chi connectivity index (χ1n) is 5.40. The second-order valence-corrected chi connectivity index (χ2v) is 6.72. The van der Waals surface area contributed by atoms with Gasteiger partial charge in [-0.1, -0.05) is 0 Å². The quantitative estimate of drug-likeness (QED) is 0.906. The van der Waals surface area contributed by atoms with E-state index in [1.807, 2.05) is 0 Å². The van der Waals surface area contributed by atoms with Gasteiger partial charge in [-0.3, -0.25) is 4.79 Å². The number of hydrogen-bond donors (Lipinski definition) is 1. The molecular weight excluding hydrogens is 320 g/mol. The Labute approximate surface area is 114 Å². The number of primary sulfonamides is 1. The third-order valence-electron chi connectivity index (χ3n) is 2.90. The first-order chi connectivity index (χ1) is 8.30. The highest BCUT2D eigenvalue weighted by molar-refractivity contribution is 9.10. The molecule has 0 unspecified atom stereocenters. The van der Waals surface area contributed by atoms with Crippen molar-refractivity contribution >= 4 is 31.9 Å². The lowest BCUT2D eigenvalue weighted by Crippen LogP contribution is -2.29. The fraction of sp³-hybridized carbons (Fsp3) is 0.364. The van der Waals surface area contributed by atoms with Gasteiger partial charge in [0.2, 0.25) is 10.0 Å². The number of carbonyl (C=O) groups excluding carboxylic acids is 1. The van der Waals surface area contributed by atoms with Crippen LogP contribution < -0.4 is 5.14 Å². The van der Waals surface area contributed by atoms with E-state index in [0.717, 1.165) is 12.8 Å². The molecule has 1 fully saturated rings. The SMILES string of the molecule is CN(C(=O)c1ccc(Br)c(S(N)(=O)=O)c1)C1CC1. The van der Waals surface area contributed by atoms with E-state index in [4.69, 9.17) is 5.14 Å². The Hall–Kier alpha value is -0.920. The molecule has 98 valence electrons. The van der Waals surface area contributed by atoms with Gasteiger partial charge in [-0.15, -0.1) is 0 Å². The average molecular weight is 333 g/mol. The third kappa shape index (κ3) is 2.73. The summed E-state index contributed by atoms with van der Waals surface area (Å²) in [5.74, 6) is -0.185. The Bertz CT molecular complexity index is 596. The van der Waals surface area contributed by atoms with Crippen molar-refractivity contribution in [3.8, 4) is 0 Å². The molecular formula is C11H13BrN2O3S. The molecule has 1 aliphatic carbocycles. The number of carbonyl (C=O) groups is 1. The topological polar surface area (TPSA) is 80.5 Å². The zero-order valence-electron chi connectivity index (χ0n) is 9.76. The zero-order chi connectivity index (χ0) is 13.5. The monoisotopic (exact) mass is 332 g/mol. The van der Waals surface area contributed by atoms with Gasteiger partial charge in [0.15, 0.2) is 0 Å². The van der Waals surface area contributed by atoms with Gasteiger partial charge in [-0.25, -0.2) is 13.6 Å². The highest BCUT2D eigenvalue weighted by atomic mass is 79.9. The Kier molecular flexibility index (Phi) is 3.48. The van der Waals surface area contributed by atoms with Crippen molar-refractivity contribution in [1.29, 1.82) is 0 Å². The van der Waals surface area contributed by atoms with Crippen LogP contribution in [-0.2, 0) is 10.0 Å². The van der Waals surface area contributed by atoms with Crippen LogP contribution in [0, 0.1) is 0 Å². The van der Waals surface area contributed by atoms with Crippen molar-refractivity contribution in [2.45, 2.75) is 23.8 Å². The van der Waals surface area contributed by atoms with Gasteiger partial charge in [0, 0.05) is 23.1 Å². The van der Waals surface area contributed by atoms with Crippen LogP contribution in [0.3, 0.4) is 0 Å². The summed E-state index contributed by atoms with van der Waals surface area (Å²) in [7, 11) is -2.12. The van der Waals surface area contributed by atoms with E-state index in [9.17, 15) is 13.2 Å². The molecule has 18 heavy (non-hydrogen) atoms. The second-order valence-electron chi connectivity index (χ2n) is 4.34. The minimum absolute atomic E-state index is 0.0717. The Morgan fingerprint density at radius 3 is 2.56 bits per heavy atom. The van der Waals surface area contributed by atoms with Gasteiger partial charge in [0.25, 0.3) is 5.91 Å². The van der Waals surface area contributed by atoms with E-state index in [1.165, 1.54) is 12.1 Å². The van der Waals surface area contributed by atoms with Crippen molar-refractivity contribution in [3.05, 3.63) is 28.2 Å². The lowest BCUT2D eigenvalue weighted by atomic mass is 10.2. The summed E-state index contributed by atoms with van der Waals surface area (Å²) < 4.78 is 23.1. The molecule has 2 N–H and O–H groups in total. The van der Waals surface area contributed by atoms with Gasteiger partial charge >= 0.3 is 0 Å². The fourth-order valence-electron chi connectivity index (χ4n) is 1.69. The van der Waals surface area contributed by atoms with Gasteiger partial charge in [-0.2, -0.15) is 0 Å². The molecule has 0 radical (unpaired) electrons. The van der Waals surface area contributed by atoms with Crippen LogP contribution in [0.1, 0.15) is 23.2 Å². The average Bonchev–Trinajstić information content (AvgIpc) is 3.10. The number of halogens is 1. The Morgan fingerprint density at radius 1 is 1.44 bits per heavy atom. The second kappa shape index (κ2) is 4.64. The number of nitrogens with two attached hydrogens (primary N) is 1. The van der Waals surface area contributed by atoms with Crippen LogP contribution in [0.2, 0.25) is 0 Å². The van der Waals surface area contributed by atoms with Crippen molar-refractivity contribution in [1.82, 2.24) is 4.90 Å². The maximum Gasteiger partial charge on any atom is 0.253 e. The predicted molar refractivity (Wildman–Crippen MR) is 70.6 cm³/mol. The normalized spacial score (nSPS) is 15.5. The van der Waals surface area contributed by atoms with Crippen LogP contribution in [0.25, 0.3) is 0 Å². The molecule has 0 spiro atoms. The summed E-state index contributed by atoms with van der Waals surface area (Å²) in [6.07, 6.45) is 2.00. The lowest BCUT2D eigenvalue weighted by Gasteiger charge is -2.16. The van der Waals surface area contributed by atoms with Crippen molar-refractivity contribution in [2.24, 2.45) is 5.14 Å². The molecule has 0 atom stereocenters. The van der Waals surface area contributed by atoms with Crippen molar-refractivity contribution < 1.29 is 13.2 Å². The summed E-state index contributed by atoms with van der Waals surface area (Å²) in [5.41, 5.74) is 0.330. The summed E-state index contributed by atoms with van der Waals surface area (Å²) in [6.45, 7) is 0. The number of sulfonamides is 1. The molecule has 1 saturated carbocycles. The predicted octanol–water partition coefficient (Wildman–Crippen LogP) is 1.33. The third-order valence-corrected chi connectivity index (χ3v) is 4.80. The maximum atomic E-state index is 12.1. The van der Waals surface area contributed by atoms with E-state index < -0.39 is 10.0 Å². The van der Waals surface area contributed by atoms with Gasteiger partial charge in [0.05, 0.1) is 4.90 Å². The molecule has 1 amide bonds. The molecule has 0 bridgehead atoms. The smallest absolute Gasteiger partial charge is 0.253 e. The molecule has 0 aliphatic heterocycles. The van der Waals surface area contributed by atoms with Crippen molar-refractivity contribution in [3.63, 3.8) is 0 Å². The number of nitrogens with zero attached hydrogens (tertiary/aromatic N) is 1. The van der Waals surface area contributed by atoms with Crippen LogP contribution in [0.4, 0.5) is 0 Å². The molecule has 0 aromatic heterocycles. The largest absolute Gasteiger partial charge is 0.339 e. The van der Waals surface area contributed by atoms with Crippen molar-refractivity contribution in [2.75, 3.05) is 7.05 Å². The van der Waals surface area contributed by atoms with E-state index >= 15 is 0 Å². The summed E-state index contributed by atoms with van der Waals surface area (Å²) in [6, 6.07) is 4.69. The standard InChI is InChI=1S/C11H13BrN2O3S/c1-14(8-3-4-8)11(15)7-2-5-9(12)10(6-7)18(13,16)17/h2,5-6,8H,3-4H2,1H3,(H2,13,16,17). The highest BCUT2D eigenvalue weighted by Crippen LogP contribution is 2.28. The van der Waals surface area contributed by atoms with E-state index in [-0.39, 0.29) is 16.8 Å². The van der Waals surface area contributed by atoms with E-state index in [1.54, 1.807) is 18.0 Å². The maximum absolute atomic E-state index is 12.1. The molecule has 0 saturated heterocycles. The molecule has 1 aromatic carbocycles. The minimum Gasteiger partial charge on any atom is -0.339 e. The Balaban J connectivity index is 2.38.